The highest BCUT2D eigenvalue weighted by Crippen LogP contribution is 2.25. The predicted molar refractivity (Wildman–Crippen MR) is 78.4 cm³/mol. The molecule has 0 aromatic heterocycles. The van der Waals surface area contributed by atoms with Crippen LogP contribution in [0.5, 0.6) is 0 Å². The number of rotatable bonds is 5. The molecule has 0 saturated heterocycles. The number of hydrogen-bond donors (Lipinski definition) is 2. The Morgan fingerprint density at radius 3 is 2.58 bits per heavy atom. The molecule has 0 bridgehead atoms. The number of aliphatic hydroxyl groups is 1. The van der Waals surface area contributed by atoms with Crippen LogP contribution in [0, 0.1) is 0 Å². The summed E-state index contributed by atoms with van der Waals surface area (Å²) in [6, 6.07) is -0.388. The van der Waals surface area contributed by atoms with E-state index in [1.807, 2.05) is 0 Å². The van der Waals surface area contributed by atoms with Crippen LogP contribution >= 0.6 is 0 Å². The van der Waals surface area contributed by atoms with Crippen LogP contribution in [0.2, 0.25) is 0 Å². The molecule has 0 aliphatic heterocycles. The number of aliphatic hydroxyl groups excluding tert-OH is 1. The summed E-state index contributed by atoms with van der Waals surface area (Å²) >= 11 is 0. The third-order valence-electron chi connectivity index (χ3n) is 3.58. The van der Waals surface area contributed by atoms with E-state index >= 15 is 0 Å². The maximum absolute atomic E-state index is 12.1. The molecule has 1 aliphatic rings. The van der Waals surface area contributed by atoms with E-state index in [2.05, 4.69) is 17.7 Å². The molecule has 1 rings (SSSR count). The highest BCUT2D eigenvalue weighted by atomic mass is 32.2. The minimum Gasteiger partial charge on any atom is -0.387 e. The average molecular weight is 289 g/mol. The van der Waals surface area contributed by atoms with Crippen LogP contribution in [0.15, 0.2) is 11.6 Å². The second kappa shape index (κ2) is 6.37. The van der Waals surface area contributed by atoms with Crippen molar-refractivity contribution in [2.24, 2.45) is 0 Å². The molecule has 5 heteroatoms. The quantitative estimate of drug-likeness (QED) is 0.763. The van der Waals surface area contributed by atoms with Crippen molar-refractivity contribution >= 4 is 10.0 Å². The third kappa shape index (κ3) is 4.29. The lowest BCUT2D eigenvalue weighted by Crippen LogP contribution is -2.50. The molecule has 2 atom stereocenters. The Bertz CT molecular complexity index is 420. The fraction of sp³-hybridized carbons (Fsp3) is 0.857. The van der Waals surface area contributed by atoms with Crippen LogP contribution in [-0.2, 0) is 10.0 Å². The van der Waals surface area contributed by atoms with Gasteiger partial charge in [0.2, 0.25) is 10.0 Å². The smallest absolute Gasteiger partial charge is 0.216 e. The molecular weight excluding hydrogens is 262 g/mol. The Morgan fingerprint density at radius 2 is 2.05 bits per heavy atom. The predicted octanol–water partition coefficient (Wildman–Crippen LogP) is 2.34. The summed E-state index contributed by atoms with van der Waals surface area (Å²) in [5.74, 6) is 0. The summed E-state index contributed by atoms with van der Waals surface area (Å²) in [5.41, 5.74) is 0.981. The van der Waals surface area contributed by atoms with Crippen molar-refractivity contribution in [3.63, 3.8) is 0 Å². The van der Waals surface area contributed by atoms with E-state index in [0.717, 1.165) is 31.3 Å². The second-order valence-corrected chi connectivity index (χ2v) is 8.71. The van der Waals surface area contributed by atoms with E-state index in [4.69, 9.17) is 0 Å². The van der Waals surface area contributed by atoms with Crippen molar-refractivity contribution in [1.29, 1.82) is 0 Å². The van der Waals surface area contributed by atoms with Gasteiger partial charge in [0.1, 0.15) is 0 Å². The van der Waals surface area contributed by atoms with Crippen LogP contribution in [0.3, 0.4) is 0 Å². The minimum atomic E-state index is -3.41. The van der Waals surface area contributed by atoms with Gasteiger partial charge in [-0.2, -0.15) is 0 Å². The Labute approximate surface area is 117 Å². The number of sulfonamides is 1. The van der Waals surface area contributed by atoms with Gasteiger partial charge in [0, 0.05) is 0 Å². The number of hydrogen-bond acceptors (Lipinski definition) is 3. The highest BCUT2D eigenvalue weighted by Gasteiger charge is 2.35. The first kappa shape index (κ1) is 16.7. The first-order valence-corrected chi connectivity index (χ1v) is 8.56. The van der Waals surface area contributed by atoms with Crippen LogP contribution in [0.4, 0.5) is 0 Å². The van der Waals surface area contributed by atoms with Gasteiger partial charge in [0.15, 0.2) is 0 Å². The number of unbranched alkanes of at least 4 members (excludes halogenated alkanes) is 1. The molecule has 0 aromatic carbocycles. The SMILES string of the molecule is CCCCC1=CCC[C@H](NS(=O)(=O)C(C)(C)C)[C@@H]1O. The monoisotopic (exact) mass is 289 g/mol. The Kier molecular flexibility index (Phi) is 5.59. The minimum absolute atomic E-state index is 0.388. The van der Waals surface area contributed by atoms with Gasteiger partial charge < -0.3 is 5.11 Å². The fourth-order valence-electron chi connectivity index (χ4n) is 2.12. The Hall–Kier alpha value is -0.390. The zero-order valence-corrected chi connectivity index (χ0v) is 13.3. The molecule has 0 spiro atoms. The normalized spacial score (nSPS) is 25.2. The first-order chi connectivity index (χ1) is 8.69. The van der Waals surface area contributed by atoms with Gasteiger partial charge in [-0.25, -0.2) is 13.1 Å². The lowest BCUT2D eigenvalue weighted by atomic mass is 9.89. The lowest BCUT2D eigenvalue weighted by molar-refractivity contribution is 0.155. The molecule has 0 radical (unpaired) electrons. The van der Waals surface area contributed by atoms with Gasteiger partial charge >= 0.3 is 0 Å². The number of nitrogens with one attached hydrogen (secondary N) is 1. The van der Waals surface area contributed by atoms with E-state index in [1.165, 1.54) is 0 Å². The van der Waals surface area contributed by atoms with Gasteiger partial charge in [-0.1, -0.05) is 19.4 Å². The van der Waals surface area contributed by atoms with Gasteiger partial charge in [0.05, 0.1) is 16.9 Å². The average Bonchev–Trinajstić information content (AvgIpc) is 2.28. The van der Waals surface area contributed by atoms with E-state index in [0.29, 0.717) is 6.42 Å². The van der Waals surface area contributed by atoms with Crippen molar-refractivity contribution in [3.8, 4) is 0 Å². The first-order valence-electron chi connectivity index (χ1n) is 7.08. The van der Waals surface area contributed by atoms with E-state index in [-0.39, 0.29) is 6.04 Å². The van der Waals surface area contributed by atoms with Crippen molar-refractivity contribution in [1.82, 2.24) is 4.72 Å². The number of allylic oxidation sites excluding steroid dienone is 1. The second-order valence-electron chi connectivity index (χ2n) is 6.24. The largest absolute Gasteiger partial charge is 0.387 e. The molecular formula is C14H27NO3S. The Morgan fingerprint density at radius 1 is 1.42 bits per heavy atom. The van der Waals surface area contributed by atoms with Crippen LogP contribution < -0.4 is 4.72 Å². The molecule has 0 unspecified atom stereocenters. The highest BCUT2D eigenvalue weighted by molar-refractivity contribution is 7.90. The van der Waals surface area contributed by atoms with Gasteiger partial charge in [0.25, 0.3) is 0 Å². The molecule has 2 N–H and O–H groups in total. The van der Waals surface area contributed by atoms with E-state index in [9.17, 15) is 13.5 Å². The summed E-state index contributed by atoms with van der Waals surface area (Å²) < 4.78 is 26.1. The summed E-state index contributed by atoms with van der Waals surface area (Å²) in [5, 5.41) is 10.3. The van der Waals surface area contributed by atoms with Crippen LogP contribution in [0.25, 0.3) is 0 Å². The van der Waals surface area contributed by atoms with E-state index in [1.54, 1.807) is 20.8 Å². The zero-order chi connectivity index (χ0) is 14.7. The summed E-state index contributed by atoms with van der Waals surface area (Å²) in [7, 11) is -3.41. The molecule has 1 aliphatic carbocycles. The molecule has 0 fully saturated rings. The summed E-state index contributed by atoms with van der Waals surface area (Å²) in [4.78, 5) is 0. The standard InChI is InChI=1S/C14H27NO3S/c1-5-6-8-11-9-7-10-12(13(11)16)15-19(17,18)14(2,3)4/h9,12-13,15-16H,5-8,10H2,1-4H3/t12-,13+/m0/s1. The van der Waals surface area contributed by atoms with Crippen molar-refractivity contribution in [2.45, 2.75) is 76.7 Å². The van der Waals surface area contributed by atoms with Crippen molar-refractivity contribution in [3.05, 3.63) is 11.6 Å². The van der Waals surface area contributed by atoms with Gasteiger partial charge in [-0.15, -0.1) is 0 Å². The van der Waals surface area contributed by atoms with Gasteiger partial charge in [-0.3, -0.25) is 0 Å². The Balaban J connectivity index is 2.74. The summed E-state index contributed by atoms with van der Waals surface area (Å²) in [6.45, 7) is 7.10. The molecule has 19 heavy (non-hydrogen) atoms. The zero-order valence-electron chi connectivity index (χ0n) is 12.4. The summed E-state index contributed by atoms with van der Waals surface area (Å²) in [6.07, 6.45) is 5.81. The topological polar surface area (TPSA) is 66.4 Å². The third-order valence-corrected chi connectivity index (χ3v) is 5.80. The molecule has 4 nitrogen and oxygen atoms in total. The van der Waals surface area contributed by atoms with Crippen LogP contribution in [-0.4, -0.2) is 30.4 Å². The molecule has 0 heterocycles. The van der Waals surface area contributed by atoms with E-state index < -0.39 is 20.9 Å². The van der Waals surface area contributed by atoms with Crippen molar-refractivity contribution in [2.75, 3.05) is 0 Å². The van der Waals surface area contributed by atoms with Gasteiger partial charge in [-0.05, 0) is 52.0 Å². The molecule has 0 amide bonds. The molecule has 0 aromatic rings. The lowest BCUT2D eigenvalue weighted by Gasteiger charge is -2.32. The van der Waals surface area contributed by atoms with Crippen LogP contribution in [0.1, 0.15) is 59.8 Å². The molecule has 0 saturated carbocycles. The van der Waals surface area contributed by atoms with Crippen molar-refractivity contribution < 1.29 is 13.5 Å². The fourth-order valence-corrected chi connectivity index (χ4v) is 3.11. The molecule has 112 valence electrons. The maximum atomic E-state index is 12.1. The maximum Gasteiger partial charge on any atom is 0.216 e.